The van der Waals surface area contributed by atoms with Gasteiger partial charge in [0.05, 0.1) is 22.8 Å². The summed E-state index contributed by atoms with van der Waals surface area (Å²) >= 11 is 0. The van der Waals surface area contributed by atoms with E-state index in [1.807, 2.05) is 13.8 Å². The normalized spacial score (nSPS) is 12.0. The summed E-state index contributed by atoms with van der Waals surface area (Å²) in [5.74, 6) is 0.169. The first kappa shape index (κ1) is 23.1. The summed E-state index contributed by atoms with van der Waals surface area (Å²) in [5.41, 5.74) is 1.37. The molecule has 0 amide bonds. The molecule has 0 atom stereocenters. The minimum atomic E-state index is -3.64. The smallest absolute Gasteiger partial charge is 0.319 e. The maximum atomic E-state index is 13.1. The molecule has 1 aromatic heterocycles. The van der Waals surface area contributed by atoms with Crippen molar-refractivity contribution in [3.05, 3.63) is 36.4 Å². The fourth-order valence-electron chi connectivity index (χ4n) is 3.20. The van der Waals surface area contributed by atoms with Gasteiger partial charge < -0.3 is 10.2 Å². The largest absolute Gasteiger partial charge is 0.376 e. The summed E-state index contributed by atoms with van der Waals surface area (Å²) in [7, 11) is -3.64. The Morgan fingerprint density at radius 3 is 2.31 bits per heavy atom. The average molecular weight is 430 g/mol. The van der Waals surface area contributed by atoms with Crippen LogP contribution in [0, 0.1) is 0 Å². The second kappa shape index (κ2) is 10.0. The zero-order chi connectivity index (χ0) is 21.6. The Kier molecular flexibility index (Phi) is 7.97. The second-order valence-corrected chi connectivity index (χ2v) is 8.26. The Morgan fingerprint density at radius 2 is 1.76 bits per heavy atom. The van der Waals surface area contributed by atoms with Crippen LogP contribution in [0.15, 0.2) is 35.5 Å². The van der Waals surface area contributed by atoms with E-state index in [1.54, 1.807) is 32.0 Å². The van der Waals surface area contributed by atoms with E-state index in [1.165, 1.54) is 16.7 Å². The third kappa shape index (κ3) is 5.05. The van der Waals surface area contributed by atoms with Gasteiger partial charge in [0.15, 0.2) is 0 Å². The fourth-order valence-corrected chi connectivity index (χ4v) is 4.69. The third-order valence-electron chi connectivity index (χ3n) is 4.81. The summed E-state index contributed by atoms with van der Waals surface area (Å²) in [6.45, 7) is 7.10. The van der Waals surface area contributed by atoms with Crippen LogP contribution in [-0.2, 0) is 16.6 Å². The molecule has 0 aliphatic carbocycles. The molecule has 1 N–H and O–H groups in total. The Balaban J connectivity index is 2.44. The van der Waals surface area contributed by atoms with Crippen molar-refractivity contribution in [1.82, 2.24) is 13.9 Å². The van der Waals surface area contributed by atoms with E-state index in [4.69, 9.17) is 0 Å². The fraction of sp³-hybridized carbons (Fsp3) is 0.526. The SMILES string of the molecule is CCN(CC)c1ccc(S(=O)(=O)N(CC)CC)cc1NCc1nccn1C(F)F. The average Bonchev–Trinajstić information content (AvgIpc) is 3.17. The van der Waals surface area contributed by atoms with Crippen LogP contribution in [-0.4, -0.2) is 48.5 Å². The van der Waals surface area contributed by atoms with Crippen LogP contribution in [0.4, 0.5) is 20.2 Å². The highest BCUT2D eigenvalue weighted by molar-refractivity contribution is 7.89. The molecule has 162 valence electrons. The van der Waals surface area contributed by atoms with Crippen molar-refractivity contribution in [3.8, 4) is 0 Å². The van der Waals surface area contributed by atoms with Crippen molar-refractivity contribution < 1.29 is 17.2 Å². The quantitative estimate of drug-likeness (QED) is 0.589. The molecule has 0 radical (unpaired) electrons. The van der Waals surface area contributed by atoms with Gasteiger partial charge >= 0.3 is 6.55 Å². The minimum Gasteiger partial charge on any atom is -0.376 e. The Labute approximate surface area is 171 Å². The number of hydrogen-bond acceptors (Lipinski definition) is 5. The molecule has 0 saturated carbocycles. The highest BCUT2D eigenvalue weighted by Gasteiger charge is 2.23. The predicted octanol–water partition coefficient (Wildman–Crippen LogP) is 3.77. The van der Waals surface area contributed by atoms with Gasteiger partial charge in [0.1, 0.15) is 5.82 Å². The predicted molar refractivity (Wildman–Crippen MR) is 111 cm³/mol. The molecule has 0 aliphatic rings. The molecule has 2 aromatic rings. The van der Waals surface area contributed by atoms with Gasteiger partial charge in [-0.2, -0.15) is 13.1 Å². The molecular formula is C19H29F2N5O2S. The van der Waals surface area contributed by atoms with Gasteiger partial charge in [0, 0.05) is 38.6 Å². The van der Waals surface area contributed by atoms with Crippen LogP contribution >= 0.6 is 0 Å². The Hall–Kier alpha value is -2.20. The molecule has 0 spiro atoms. The van der Waals surface area contributed by atoms with E-state index in [0.29, 0.717) is 18.8 Å². The number of aromatic nitrogens is 2. The van der Waals surface area contributed by atoms with E-state index in [9.17, 15) is 17.2 Å². The Bertz CT molecular complexity index is 894. The maximum Gasteiger partial charge on any atom is 0.319 e. The summed E-state index contributed by atoms with van der Waals surface area (Å²) in [6.07, 6.45) is 2.53. The number of nitrogens with zero attached hydrogens (tertiary/aromatic N) is 4. The highest BCUT2D eigenvalue weighted by Crippen LogP contribution is 2.30. The summed E-state index contributed by atoms with van der Waals surface area (Å²) in [6, 6.07) is 4.91. The number of benzene rings is 1. The topological polar surface area (TPSA) is 70.5 Å². The first-order chi connectivity index (χ1) is 13.8. The van der Waals surface area contributed by atoms with Crippen LogP contribution in [0.2, 0.25) is 0 Å². The maximum absolute atomic E-state index is 13.1. The van der Waals surface area contributed by atoms with Gasteiger partial charge in [-0.05, 0) is 32.0 Å². The van der Waals surface area contributed by atoms with Gasteiger partial charge in [-0.3, -0.25) is 4.57 Å². The van der Waals surface area contributed by atoms with Gasteiger partial charge in [0.2, 0.25) is 10.0 Å². The Morgan fingerprint density at radius 1 is 1.10 bits per heavy atom. The number of alkyl halides is 2. The molecule has 1 aromatic carbocycles. The van der Waals surface area contributed by atoms with Gasteiger partial charge in [-0.15, -0.1) is 0 Å². The van der Waals surface area contributed by atoms with Gasteiger partial charge in [-0.1, -0.05) is 13.8 Å². The summed E-state index contributed by atoms with van der Waals surface area (Å²) in [4.78, 5) is 6.20. The number of imidazole rings is 1. The number of halogens is 2. The number of anilines is 2. The van der Waals surface area contributed by atoms with Crippen LogP contribution in [0.5, 0.6) is 0 Å². The van der Waals surface area contributed by atoms with Crippen molar-refractivity contribution >= 4 is 21.4 Å². The standard InChI is InChI=1S/C19H29F2N5O2S/c1-5-24(6-2)17-10-9-15(29(27,28)25(7-3)8-4)13-16(17)23-14-18-22-11-12-26(18)19(20)21/h9-13,19,23H,5-8,14H2,1-4H3. The van der Waals surface area contributed by atoms with Gasteiger partial charge in [0.25, 0.3) is 0 Å². The third-order valence-corrected chi connectivity index (χ3v) is 6.86. The van der Waals surface area contributed by atoms with Crippen LogP contribution in [0.3, 0.4) is 0 Å². The molecule has 0 fully saturated rings. The first-order valence-electron chi connectivity index (χ1n) is 9.72. The number of hydrogen-bond donors (Lipinski definition) is 1. The molecule has 29 heavy (non-hydrogen) atoms. The van der Waals surface area contributed by atoms with Gasteiger partial charge in [-0.25, -0.2) is 13.4 Å². The van der Waals surface area contributed by atoms with E-state index >= 15 is 0 Å². The van der Waals surface area contributed by atoms with Crippen LogP contribution in [0.25, 0.3) is 0 Å². The molecule has 1 heterocycles. The zero-order valence-corrected chi connectivity index (χ0v) is 18.1. The highest BCUT2D eigenvalue weighted by atomic mass is 32.2. The minimum absolute atomic E-state index is 0.0420. The van der Waals surface area contributed by atoms with E-state index in [-0.39, 0.29) is 17.3 Å². The lowest BCUT2D eigenvalue weighted by Crippen LogP contribution is -2.31. The second-order valence-electron chi connectivity index (χ2n) is 6.32. The number of nitrogens with one attached hydrogen (secondary N) is 1. The number of sulfonamides is 1. The monoisotopic (exact) mass is 429 g/mol. The summed E-state index contributed by atoms with van der Waals surface area (Å²) < 4.78 is 54.2. The molecular weight excluding hydrogens is 400 g/mol. The molecule has 0 saturated heterocycles. The number of rotatable bonds is 11. The molecule has 2 rings (SSSR count). The van der Waals surface area contributed by atoms with E-state index in [0.717, 1.165) is 23.3 Å². The van der Waals surface area contributed by atoms with Crippen molar-refractivity contribution in [1.29, 1.82) is 0 Å². The first-order valence-corrected chi connectivity index (χ1v) is 11.2. The van der Waals surface area contributed by atoms with Crippen molar-refractivity contribution in [2.24, 2.45) is 0 Å². The lowest BCUT2D eigenvalue weighted by molar-refractivity contribution is 0.0673. The van der Waals surface area contributed by atoms with Crippen LogP contribution in [0.1, 0.15) is 40.1 Å². The molecule has 10 heteroatoms. The lowest BCUT2D eigenvalue weighted by Gasteiger charge is -2.26. The van der Waals surface area contributed by atoms with E-state index < -0.39 is 16.6 Å². The van der Waals surface area contributed by atoms with Crippen molar-refractivity contribution in [2.75, 3.05) is 36.4 Å². The molecule has 7 nitrogen and oxygen atoms in total. The van der Waals surface area contributed by atoms with Crippen molar-refractivity contribution in [2.45, 2.75) is 45.7 Å². The van der Waals surface area contributed by atoms with Crippen LogP contribution < -0.4 is 10.2 Å². The zero-order valence-electron chi connectivity index (χ0n) is 17.3. The lowest BCUT2D eigenvalue weighted by atomic mass is 10.2. The molecule has 0 aliphatic heterocycles. The van der Waals surface area contributed by atoms with E-state index in [2.05, 4.69) is 15.2 Å². The summed E-state index contributed by atoms with van der Waals surface area (Å²) in [5, 5.41) is 3.11. The van der Waals surface area contributed by atoms with Crippen molar-refractivity contribution in [3.63, 3.8) is 0 Å². The molecule has 0 bridgehead atoms. The molecule has 0 unspecified atom stereocenters.